The Kier molecular flexibility index (Phi) is 10.5. The largest absolute Gasteiger partial charge is 0.493 e. The SMILES string of the molecule is COc1ccc(CCN(Cc2ccc(C)s2)C(=O)CN(C(=O)Nc2ccccc2C)C2CCCCC2)cc1OC. The fraction of sp³-hybridized carbons (Fsp3) is 0.438. The van der Waals surface area contributed by atoms with Crippen LogP contribution >= 0.6 is 11.3 Å². The van der Waals surface area contributed by atoms with Crippen molar-refractivity contribution in [3.05, 3.63) is 75.5 Å². The highest BCUT2D eigenvalue weighted by Gasteiger charge is 2.29. The lowest BCUT2D eigenvalue weighted by Crippen LogP contribution is -2.50. The molecular formula is C32H41N3O4S. The Hall–Kier alpha value is -3.52. The molecule has 214 valence electrons. The van der Waals surface area contributed by atoms with E-state index in [-0.39, 0.29) is 24.5 Å². The second kappa shape index (κ2) is 14.2. The molecule has 2 aromatic carbocycles. The van der Waals surface area contributed by atoms with Gasteiger partial charge in [0.25, 0.3) is 0 Å². The first-order valence-electron chi connectivity index (χ1n) is 14.0. The monoisotopic (exact) mass is 563 g/mol. The normalized spacial score (nSPS) is 13.5. The van der Waals surface area contributed by atoms with E-state index in [4.69, 9.17) is 9.47 Å². The van der Waals surface area contributed by atoms with Gasteiger partial charge < -0.3 is 24.6 Å². The summed E-state index contributed by atoms with van der Waals surface area (Å²) in [5, 5.41) is 3.08. The van der Waals surface area contributed by atoms with E-state index in [2.05, 4.69) is 24.4 Å². The first kappa shape index (κ1) is 29.5. The van der Waals surface area contributed by atoms with Crippen LogP contribution < -0.4 is 14.8 Å². The lowest BCUT2D eigenvalue weighted by molar-refractivity contribution is -0.132. The number of carbonyl (C=O) groups excluding carboxylic acids is 2. The van der Waals surface area contributed by atoms with Crippen molar-refractivity contribution >= 4 is 29.0 Å². The molecule has 1 fully saturated rings. The smallest absolute Gasteiger partial charge is 0.322 e. The van der Waals surface area contributed by atoms with Crippen molar-refractivity contribution in [2.24, 2.45) is 0 Å². The summed E-state index contributed by atoms with van der Waals surface area (Å²) in [5.41, 5.74) is 2.83. The van der Waals surface area contributed by atoms with Gasteiger partial charge in [0.15, 0.2) is 11.5 Å². The van der Waals surface area contributed by atoms with E-state index in [1.165, 1.54) is 11.3 Å². The Balaban J connectivity index is 1.53. The van der Waals surface area contributed by atoms with Crippen molar-refractivity contribution in [1.29, 1.82) is 0 Å². The van der Waals surface area contributed by atoms with Gasteiger partial charge in [0.05, 0.1) is 20.8 Å². The maximum absolute atomic E-state index is 13.9. The van der Waals surface area contributed by atoms with Crippen LogP contribution in [0, 0.1) is 13.8 Å². The molecule has 1 aliphatic carbocycles. The number of amides is 3. The molecule has 0 atom stereocenters. The van der Waals surface area contributed by atoms with Crippen LogP contribution in [0.3, 0.4) is 0 Å². The molecule has 1 aromatic heterocycles. The van der Waals surface area contributed by atoms with E-state index < -0.39 is 0 Å². The second-order valence-corrected chi connectivity index (χ2v) is 11.8. The zero-order valence-corrected chi connectivity index (χ0v) is 24.9. The molecule has 1 heterocycles. The number of ether oxygens (including phenoxy) is 2. The van der Waals surface area contributed by atoms with Gasteiger partial charge in [-0.05, 0) is 74.6 Å². The molecule has 4 rings (SSSR count). The fourth-order valence-corrected chi connectivity index (χ4v) is 6.16. The summed E-state index contributed by atoms with van der Waals surface area (Å²) in [6.45, 7) is 5.15. The van der Waals surface area contributed by atoms with Crippen LogP contribution in [0.4, 0.5) is 10.5 Å². The number of para-hydroxylation sites is 1. The number of rotatable bonds is 11. The lowest BCUT2D eigenvalue weighted by atomic mass is 9.94. The van der Waals surface area contributed by atoms with Gasteiger partial charge in [-0.25, -0.2) is 4.79 Å². The summed E-state index contributed by atoms with van der Waals surface area (Å²) in [7, 11) is 3.24. The highest BCUT2D eigenvalue weighted by molar-refractivity contribution is 7.11. The molecule has 0 spiro atoms. The number of methoxy groups -OCH3 is 2. The number of hydrogen-bond donors (Lipinski definition) is 1. The van der Waals surface area contributed by atoms with E-state index >= 15 is 0 Å². The molecule has 7 nitrogen and oxygen atoms in total. The highest BCUT2D eigenvalue weighted by Crippen LogP contribution is 2.28. The van der Waals surface area contributed by atoms with Crippen molar-refractivity contribution in [3.63, 3.8) is 0 Å². The molecule has 0 unspecified atom stereocenters. The number of anilines is 1. The molecule has 1 saturated carbocycles. The maximum atomic E-state index is 13.9. The molecular weight excluding hydrogens is 522 g/mol. The van der Waals surface area contributed by atoms with E-state index in [1.807, 2.05) is 54.3 Å². The summed E-state index contributed by atoms with van der Waals surface area (Å²) < 4.78 is 10.9. The number of nitrogens with zero attached hydrogens (tertiary/aromatic N) is 2. The van der Waals surface area contributed by atoms with Crippen molar-refractivity contribution in [2.75, 3.05) is 32.6 Å². The van der Waals surface area contributed by atoms with Gasteiger partial charge in [0, 0.05) is 28.0 Å². The maximum Gasteiger partial charge on any atom is 0.322 e. The lowest BCUT2D eigenvalue weighted by Gasteiger charge is -2.35. The topological polar surface area (TPSA) is 71.1 Å². The summed E-state index contributed by atoms with van der Waals surface area (Å²) in [4.78, 5) is 33.6. The molecule has 3 amide bonds. The number of carbonyl (C=O) groups is 2. The third kappa shape index (κ3) is 7.78. The average Bonchev–Trinajstić information content (AvgIpc) is 3.39. The van der Waals surface area contributed by atoms with E-state index in [0.717, 1.165) is 47.4 Å². The zero-order chi connectivity index (χ0) is 28.5. The molecule has 1 N–H and O–H groups in total. The number of nitrogens with one attached hydrogen (secondary N) is 1. The van der Waals surface area contributed by atoms with E-state index in [1.54, 1.807) is 30.5 Å². The molecule has 40 heavy (non-hydrogen) atoms. The second-order valence-electron chi connectivity index (χ2n) is 10.4. The standard InChI is InChI=1S/C32H41N3O4S/c1-23-10-8-9-13-28(23)33-32(37)35(26-11-6-5-7-12-26)22-31(36)34(21-27-16-14-24(2)40-27)19-18-25-15-17-29(38-3)30(20-25)39-4/h8-10,13-17,20,26H,5-7,11-12,18-19,21-22H2,1-4H3,(H,33,37). The predicted octanol–water partition coefficient (Wildman–Crippen LogP) is 6.82. The molecule has 0 saturated heterocycles. The third-order valence-electron chi connectivity index (χ3n) is 7.58. The quantitative estimate of drug-likeness (QED) is 0.278. The fourth-order valence-electron chi connectivity index (χ4n) is 5.26. The van der Waals surface area contributed by atoms with Crippen LogP contribution in [0.25, 0.3) is 0 Å². The first-order valence-corrected chi connectivity index (χ1v) is 14.9. The van der Waals surface area contributed by atoms with Gasteiger partial charge in [-0.3, -0.25) is 4.79 Å². The minimum absolute atomic E-state index is 0.0444. The van der Waals surface area contributed by atoms with Gasteiger partial charge in [-0.2, -0.15) is 0 Å². The number of thiophene rings is 1. The number of urea groups is 1. The van der Waals surface area contributed by atoms with E-state index in [9.17, 15) is 9.59 Å². The number of aryl methyl sites for hydroxylation is 2. The van der Waals surface area contributed by atoms with Crippen molar-refractivity contribution in [3.8, 4) is 11.5 Å². The Bertz CT molecular complexity index is 1280. The summed E-state index contributed by atoms with van der Waals surface area (Å²) in [5.74, 6) is 1.30. The van der Waals surface area contributed by atoms with Gasteiger partial charge in [0.2, 0.25) is 5.91 Å². The Morgan fingerprint density at radius 2 is 1.70 bits per heavy atom. The summed E-state index contributed by atoms with van der Waals surface area (Å²) in [6, 6.07) is 17.6. The van der Waals surface area contributed by atoms with Crippen LogP contribution in [-0.2, 0) is 17.8 Å². The minimum atomic E-state index is -0.207. The molecule has 3 aromatic rings. The molecule has 8 heteroatoms. The van der Waals surface area contributed by atoms with Gasteiger partial charge in [0.1, 0.15) is 6.54 Å². The Labute approximate surface area is 242 Å². The first-order chi connectivity index (χ1) is 19.4. The summed E-state index contributed by atoms with van der Waals surface area (Å²) >= 11 is 1.70. The molecule has 0 radical (unpaired) electrons. The number of benzene rings is 2. The third-order valence-corrected chi connectivity index (χ3v) is 8.57. The van der Waals surface area contributed by atoms with Gasteiger partial charge >= 0.3 is 6.03 Å². The molecule has 0 aliphatic heterocycles. The highest BCUT2D eigenvalue weighted by atomic mass is 32.1. The van der Waals surface area contributed by atoms with Crippen molar-refractivity contribution in [1.82, 2.24) is 9.80 Å². The minimum Gasteiger partial charge on any atom is -0.493 e. The van der Waals surface area contributed by atoms with Crippen LogP contribution in [0.2, 0.25) is 0 Å². The van der Waals surface area contributed by atoms with Crippen LogP contribution in [0.15, 0.2) is 54.6 Å². The number of hydrogen-bond acceptors (Lipinski definition) is 5. The van der Waals surface area contributed by atoms with Gasteiger partial charge in [-0.1, -0.05) is 43.5 Å². The predicted molar refractivity (Wildman–Crippen MR) is 161 cm³/mol. The van der Waals surface area contributed by atoms with Crippen LogP contribution in [0.1, 0.15) is 53.0 Å². The van der Waals surface area contributed by atoms with Crippen molar-refractivity contribution in [2.45, 2.75) is 65.0 Å². The van der Waals surface area contributed by atoms with Gasteiger partial charge in [-0.15, -0.1) is 11.3 Å². The van der Waals surface area contributed by atoms with E-state index in [0.29, 0.717) is 31.0 Å². The average molecular weight is 564 g/mol. The zero-order valence-electron chi connectivity index (χ0n) is 24.1. The Morgan fingerprint density at radius 1 is 0.950 bits per heavy atom. The molecule has 1 aliphatic rings. The van der Waals surface area contributed by atoms with Crippen LogP contribution in [0.5, 0.6) is 11.5 Å². The molecule has 0 bridgehead atoms. The summed E-state index contributed by atoms with van der Waals surface area (Å²) in [6.07, 6.45) is 5.83. The Morgan fingerprint density at radius 3 is 2.38 bits per heavy atom. The van der Waals surface area contributed by atoms with Crippen molar-refractivity contribution < 1.29 is 19.1 Å². The van der Waals surface area contributed by atoms with Crippen LogP contribution in [-0.4, -0.2) is 55.1 Å².